The van der Waals surface area contributed by atoms with E-state index in [-0.39, 0.29) is 0 Å². The van der Waals surface area contributed by atoms with E-state index in [0.29, 0.717) is 6.26 Å². The van der Waals surface area contributed by atoms with Crippen LogP contribution in [-0.4, -0.2) is 19.2 Å². The molecule has 3 aromatic carbocycles. The van der Waals surface area contributed by atoms with Crippen molar-refractivity contribution in [2.24, 2.45) is 0 Å². The molecule has 3 nitrogen and oxygen atoms in total. The average Bonchev–Trinajstić information content (AvgIpc) is 3.12. The SMILES string of the molecule is CS(=O)(=O)[O-].c1ccc([SH+]c2scc(-c3ccccc3)c2-c2ccccc2)cc1. The largest absolute Gasteiger partial charge is 0.748 e. The smallest absolute Gasteiger partial charge is 0.220 e. The highest BCUT2D eigenvalue weighted by Gasteiger charge is 2.21. The number of thiophene rings is 1. The minimum absolute atomic E-state index is 0.604. The summed E-state index contributed by atoms with van der Waals surface area (Å²) in [6.07, 6.45) is 0.604. The Morgan fingerprint density at radius 2 is 1.21 bits per heavy atom. The molecule has 0 spiro atoms. The molecule has 0 radical (unpaired) electrons. The van der Waals surface area contributed by atoms with Crippen LogP contribution in [0.25, 0.3) is 22.3 Å². The van der Waals surface area contributed by atoms with Crippen LogP contribution in [0.5, 0.6) is 0 Å². The van der Waals surface area contributed by atoms with Crippen LogP contribution in [0.3, 0.4) is 0 Å². The van der Waals surface area contributed by atoms with Crippen molar-refractivity contribution in [3.8, 4) is 22.3 Å². The molecule has 0 saturated heterocycles. The molecule has 0 atom stereocenters. The van der Waals surface area contributed by atoms with Crippen LogP contribution in [0, 0.1) is 0 Å². The zero-order valence-corrected chi connectivity index (χ0v) is 18.3. The van der Waals surface area contributed by atoms with Gasteiger partial charge in [-0.3, -0.25) is 0 Å². The molecule has 6 heteroatoms. The third-order valence-electron chi connectivity index (χ3n) is 3.91. The normalized spacial score (nSPS) is 10.8. The molecule has 0 aliphatic heterocycles. The summed E-state index contributed by atoms with van der Waals surface area (Å²) >= 11 is 3.11. The average molecular weight is 441 g/mol. The number of hydrogen-bond acceptors (Lipinski definition) is 4. The molecule has 1 heterocycles. The molecule has 0 fully saturated rings. The Hall–Kier alpha value is -2.38. The number of benzene rings is 3. The first-order chi connectivity index (χ1) is 13.9. The standard InChI is InChI=1S/C22H16S2.CH4O3S/c1-4-10-17(11-5-1)20-16-23-22(24-19-14-8-3-9-15-19)21(20)18-12-6-2-7-13-18;1-5(2,3)4/h1-16H;1H3,(H,2,3,4). The lowest BCUT2D eigenvalue weighted by molar-refractivity contribution is 0.470. The maximum atomic E-state index is 9.08. The van der Waals surface area contributed by atoms with Gasteiger partial charge >= 0.3 is 0 Å². The van der Waals surface area contributed by atoms with Gasteiger partial charge in [0.1, 0.15) is 0 Å². The summed E-state index contributed by atoms with van der Waals surface area (Å²) in [7, 11) is -3.92. The molecule has 148 valence electrons. The Morgan fingerprint density at radius 3 is 1.72 bits per heavy atom. The van der Waals surface area contributed by atoms with Crippen LogP contribution in [0.4, 0.5) is 0 Å². The molecule has 0 saturated carbocycles. The first-order valence-electron chi connectivity index (χ1n) is 8.82. The van der Waals surface area contributed by atoms with Gasteiger partial charge < -0.3 is 4.55 Å². The van der Waals surface area contributed by atoms with Crippen molar-refractivity contribution in [2.75, 3.05) is 6.26 Å². The minimum Gasteiger partial charge on any atom is -0.748 e. The van der Waals surface area contributed by atoms with E-state index >= 15 is 0 Å². The molecule has 4 aromatic rings. The molecule has 4 rings (SSSR count). The van der Waals surface area contributed by atoms with Crippen molar-refractivity contribution in [2.45, 2.75) is 9.10 Å². The van der Waals surface area contributed by atoms with E-state index in [4.69, 9.17) is 13.0 Å². The Kier molecular flexibility index (Phi) is 7.28. The fraction of sp³-hybridized carbons (Fsp3) is 0.0435. The Balaban J connectivity index is 0.000000431. The summed E-state index contributed by atoms with van der Waals surface area (Å²) in [5, 5.41) is 2.29. The summed E-state index contributed by atoms with van der Waals surface area (Å²) in [5.41, 5.74) is 5.25. The summed E-state index contributed by atoms with van der Waals surface area (Å²) in [5.74, 6) is 0. The Bertz CT molecular complexity index is 1130. The molecule has 1 aromatic heterocycles. The van der Waals surface area contributed by atoms with Crippen molar-refractivity contribution in [3.05, 3.63) is 96.4 Å². The lowest BCUT2D eigenvalue weighted by atomic mass is 9.99. The van der Waals surface area contributed by atoms with Crippen molar-refractivity contribution >= 4 is 33.2 Å². The van der Waals surface area contributed by atoms with Crippen LogP contribution in [0.2, 0.25) is 0 Å². The van der Waals surface area contributed by atoms with Crippen molar-refractivity contribution in [1.82, 2.24) is 0 Å². The lowest BCUT2D eigenvalue weighted by Crippen LogP contribution is -1.88. The van der Waals surface area contributed by atoms with Crippen molar-refractivity contribution in [1.29, 1.82) is 0 Å². The van der Waals surface area contributed by atoms with E-state index < -0.39 is 10.1 Å². The van der Waals surface area contributed by atoms with Crippen molar-refractivity contribution in [3.63, 3.8) is 0 Å². The third kappa shape index (κ3) is 6.58. The second kappa shape index (κ2) is 9.89. The molecule has 0 aliphatic rings. The molecule has 0 N–H and O–H groups in total. The van der Waals surface area contributed by atoms with Gasteiger partial charge in [0.05, 0.1) is 27.4 Å². The summed E-state index contributed by atoms with van der Waals surface area (Å²) < 4.78 is 28.6. The zero-order valence-electron chi connectivity index (χ0n) is 15.7. The Morgan fingerprint density at radius 1 is 0.759 bits per heavy atom. The van der Waals surface area contributed by atoms with Gasteiger partial charge in [0.15, 0.2) is 4.90 Å². The maximum absolute atomic E-state index is 9.08. The fourth-order valence-corrected chi connectivity index (χ4v) is 5.20. The predicted octanol–water partition coefficient (Wildman–Crippen LogP) is 5.48. The molecule has 0 bridgehead atoms. The Labute approximate surface area is 179 Å². The van der Waals surface area contributed by atoms with Crippen LogP contribution in [0.15, 0.2) is 105 Å². The highest BCUT2D eigenvalue weighted by Crippen LogP contribution is 2.41. The van der Waals surface area contributed by atoms with Gasteiger partial charge in [-0.1, -0.05) is 90.2 Å². The van der Waals surface area contributed by atoms with E-state index in [2.05, 4.69) is 96.4 Å². The second-order valence-corrected chi connectivity index (χ2v) is 9.99. The van der Waals surface area contributed by atoms with E-state index in [9.17, 15) is 0 Å². The maximum Gasteiger partial charge on any atom is 0.220 e. The number of thiol groups is 1. The highest BCUT2D eigenvalue weighted by molar-refractivity contribution is 7.84. The predicted molar refractivity (Wildman–Crippen MR) is 123 cm³/mol. The number of hydrogen-bond donors (Lipinski definition) is 0. The van der Waals surface area contributed by atoms with Crippen LogP contribution in [0.1, 0.15) is 0 Å². The van der Waals surface area contributed by atoms with Gasteiger partial charge in [-0.25, -0.2) is 8.42 Å². The van der Waals surface area contributed by atoms with Gasteiger partial charge in [0, 0.05) is 17.2 Å². The van der Waals surface area contributed by atoms with E-state index in [1.165, 1.54) is 43.1 Å². The molecule has 0 unspecified atom stereocenters. The fourth-order valence-electron chi connectivity index (χ4n) is 2.76. The quantitative estimate of drug-likeness (QED) is 0.240. The van der Waals surface area contributed by atoms with Gasteiger partial charge in [-0.15, -0.1) is 0 Å². The van der Waals surface area contributed by atoms with Crippen LogP contribution in [-0.2, 0) is 21.9 Å². The summed E-state index contributed by atoms with van der Waals surface area (Å²) in [6, 6.07) is 32.1. The summed E-state index contributed by atoms with van der Waals surface area (Å²) in [6.45, 7) is 0. The second-order valence-electron chi connectivity index (χ2n) is 6.21. The lowest BCUT2D eigenvalue weighted by Gasteiger charge is -2.05. The molecule has 0 amide bonds. The van der Waals surface area contributed by atoms with Crippen LogP contribution < -0.4 is 0 Å². The summed E-state index contributed by atoms with van der Waals surface area (Å²) in [4.78, 5) is 1.33. The van der Waals surface area contributed by atoms with Gasteiger partial charge in [0.25, 0.3) is 0 Å². The van der Waals surface area contributed by atoms with E-state index in [0.717, 1.165) is 0 Å². The van der Waals surface area contributed by atoms with Gasteiger partial charge in [0.2, 0.25) is 4.21 Å². The van der Waals surface area contributed by atoms with Crippen LogP contribution >= 0.6 is 11.3 Å². The molecule has 0 aliphatic carbocycles. The topological polar surface area (TPSA) is 57.2 Å². The minimum atomic E-state index is -3.92. The first-order valence-corrected chi connectivity index (χ1v) is 12.4. The van der Waals surface area contributed by atoms with E-state index in [1.807, 2.05) is 11.3 Å². The monoisotopic (exact) mass is 440 g/mol. The number of rotatable bonds is 4. The first kappa shape index (κ1) is 21.3. The van der Waals surface area contributed by atoms with Crippen molar-refractivity contribution < 1.29 is 13.0 Å². The van der Waals surface area contributed by atoms with E-state index in [1.54, 1.807) is 0 Å². The molecule has 29 heavy (non-hydrogen) atoms. The van der Waals surface area contributed by atoms with Gasteiger partial charge in [-0.2, -0.15) is 0 Å². The van der Waals surface area contributed by atoms with Gasteiger partial charge in [-0.05, 0) is 23.3 Å². The molecular weight excluding hydrogens is 420 g/mol. The molecular formula is C23H20O3S3. The third-order valence-corrected chi connectivity index (χ3v) is 6.26. The highest BCUT2D eigenvalue weighted by atomic mass is 32.2. The zero-order chi connectivity index (χ0) is 20.7.